The number of rotatable bonds is 5. The first-order chi connectivity index (χ1) is 12.2. The van der Waals surface area contributed by atoms with Crippen LogP contribution in [0.25, 0.3) is 0 Å². The Labute approximate surface area is 147 Å². The molecule has 6 heteroatoms. The highest BCUT2D eigenvalue weighted by molar-refractivity contribution is 5.97. The van der Waals surface area contributed by atoms with Crippen LogP contribution in [-0.4, -0.2) is 43.2 Å². The minimum atomic E-state index is -0.0564. The van der Waals surface area contributed by atoms with E-state index >= 15 is 0 Å². The number of aromatic nitrogens is 1. The van der Waals surface area contributed by atoms with Gasteiger partial charge in [0.05, 0.1) is 32.1 Å². The van der Waals surface area contributed by atoms with Crippen LogP contribution in [0.1, 0.15) is 28.5 Å². The second-order valence-corrected chi connectivity index (χ2v) is 5.73. The maximum absolute atomic E-state index is 12.9. The molecule has 0 fully saturated rings. The van der Waals surface area contributed by atoms with Crippen LogP contribution in [0.4, 0.5) is 0 Å². The van der Waals surface area contributed by atoms with Crippen molar-refractivity contribution in [1.29, 1.82) is 0 Å². The van der Waals surface area contributed by atoms with Crippen molar-refractivity contribution in [2.45, 2.75) is 19.9 Å². The zero-order valence-electron chi connectivity index (χ0n) is 14.7. The summed E-state index contributed by atoms with van der Waals surface area (Å²) >= 11 is 0. The molecule has 2 heterocycles. The number of pyridine rings is 1. The van der Waals surface area contributed by atoms with E-state index in [-0.39, 0.29) is 5.91 Å². The molecule has 0 atom stereocenters. The third kappa shape index (κ3) is 3.52. The zero-order chi connectivity index (χ0) is 17.8. The third-order valence-electron chi connectivity index (χ3n) is 4.24. The number of carbonyl (C=O) groups excluding carboxylic acids is 1. The molecule has 1 amide bonds. The first-order valence-corrected chi connectivity index (χ1v) is 8.29. The van der Waals surface area contributed by atoms with E-state index in [1.165, 1.54) is 0 Å². The quantitative estimate of drug-likeness (QED) is 0.836. The highest BCUT2D eigenvalue weighted by atomic mass is 16.5. The smallest absolute Gasteiger partial charge is 0.257 e. The molecule has 0 saturated carbocycles. The van der Waals surface area contributed by atoms with E-state index in [1.54, 1.807) is 32.4 Å². The number of amides is 1. The summed E-state index contributed by atoms with van der Waals surface area (Å²) in [6.07, 6.45) is 0.709. The highest BCUT2D eigenvalue weighted by Gasteiger charge is 2.25. The van der Waals surface area contributed by atoms with Gasteiger partial charge in [-0.15, -0.1) is 0 Å². The van der Waals surface area contributed by atoms with Gasteiger partial charge in [-0.2, -0.15) is 0 Å². The Morgan fingerprint density at radius 1 is 1.20 bits per heavy atom. The molecule has 0 radical (unpaired) electrons. The van der Waals surface area contributed by atoms with Crippen LogP contribution < -0.4 is 14.2 Å². The van der Waals surface area contributed by atoms with Gasteiger partial charge in [-0.05, 0) is 24.6 Å². The lowest BCUT2D eigenvalue weighted by Crippen LogP contribution is -2.36. The molecular formula is C19H22N2O4. The molecule has 0 spiro atoms. The van der Waals surface area contributed by atoms with Gasteiger partial charge < -0.3 is 19.1 Å². The summed E-state index contributed by atoms with van der Waals surface area (Å²) in [5, 5.41) is 0. The lowest BCUT2D eigenvalue weighted by molar-refractivity contribution is 0.0730. The number of fused-ring (bicyclic) bond motifs is 1. The van der Waals surface area contributed by atoms with Crippen LogP contribution in [-0.2, 0) is 13.0 Å². The third-order valence-corrected chi connectivity index (χ3v) is 4.24. The van der Waals surface area contributed by atoms with Crippen LogP contribution in [0.5, 0.6) is 17.4 Å². The van der Waals surface area contributed by atoms with Crippen molar-refractivity contribution >= 4 is 5.91 Å². The van der Waals surface area contributed by atoms with Crippen molar-refractivity contribution in [1.82, 2.24) is 9.88 Å². The minimum absolute atomic E-state index is 0.0564. The normalized spacial score (nSPS) is 13.2. The van der Waals surface area contributed by atoms with Crippen LogP contribution in [0, 0.1) is 0 Å². The fourth-order valence-corrected chi connectivity index (χ4v) is 2.94. The number of hydrogen-bond donors (Lipinski definition) is 0. The van der Waals surface area contributed by atoms with Crippen LogP contribution in [0.15, 0.2) is 30.3 Å². The summed E-state index contributed by atoms with van der Waals surface area (Å²) in [4.78, 5) is 19.3. The lowest BCUT2D eigenvalue weighted by Gasteiger charge is -2.29. The Kier molecular flexibility index (Phi) is 5.07. The molecule has 0 aliphatic carbocycles. The van der Waals surface area contributed by atoms with Gasteiger partial charge >= 0.3 is 0 Å². The molecule has 25 heavy (non-hydrogen) atoms. The van der Waals surface area contributed by atoms with E-state index in [2.05, 4.69) is 4.98 Å². The first-order valence-electron chi connectivity index (χ1n) is 8.29. The van der Waals surface area contributed by atoms with Gasteiger partial charge in [-0.25, -0.2) is 4.98 Å². The number of ether oxygens (including phenoxy) is 3. The van der Waals surface area contributed by atoms with E-state index in [4.69, 9.17) is 14.2 Å². The topological polar surface area (TPSA) is 60.9 Å². The Hall–Kier alpha value is -2.76. The van der Waals surface area contributed by atoms with Crippen molar-refractivity contribution in [3.8, 4) is 17.4 Å². The van der Waals surface area contributed by atoms with Crippen molar-refractivity contribution in [3.63, 3.8) is 0 Å². The van der Waals surface area contributed by atoms with Gasteiger partial charge in [0.15, 0.2) is 0 Å². The Morgan fingerprint density at radius 3 is 2.76 bits per heavy atom. The van der Waals surface area contributed by atoms with Crippen LogP contribution in [0.3, 0.4) is 0 Å². The fourth-order valence-electron chi connectivity index (χ4n) is 2.94. The molecule has 0 unspecified atom stereocenters. The number of nitrogens with zero attached hydrogens (tertiary/aromatic N) is 2. The molecule has 3 rings (SSSR count). The summed E-state index contributed by atoms with van der Waals surface area (Å²) in [5.74, 6) is 1.75. The number of hydrogen-bond acceptors (Lipinski definition) is 5. The largest absolute Gasteiger partial charge is 0.497 e. The molecule has 1 aromatic heterocycles. The molecule has 6 nitrogen and oxygen atoms in total. The monoisotopic (exact) mass is 342 g/mol. The van der Waals surface area contributed by atoms with E-state index in [0.29, 0.717) is 49.1 Å². The van der Waals surface area contributed by atoms with Crippen molar-refractivity contribution in [2.24, 2.45) is 0 Å². The molecule has 132 valence electrons. The van der Waals surface area contributed by atoms with Crippen LogP contribution >= 0.6 is 0 Å². The number of carbonyl (C=O) groups is 1. The number of benzene rings is 1. The fraction of sp³-hybridized carbons (Fsp3) is 0.368. The van der Waals surface area contributed by atoms with Gasteiger partial charge in [0, 0.05) is 31.6 Å². The SMILES string of the molecule is CCOc1ccc2c(n1)CCN(C(=O)c1ccc(OC)cc1OC)C2. The predicted molar refractivity (Wildman–Crippen MR) is 93.4 cm³/mol. The Balaban J connectivity index is 1.81. The standard InChI is InChI=1S/C19H22N2O4/c1-4-25-18-8-5-13-12-21(10-9-16(13)20-18)19(22)15-7-6-14(23-2)11-17(15)24-3/h5-8,11H,4,9-10,12H2,1-3H3. The Bertz CT molecular complexity index is 776. The summed E-state index contributed by atoms with van der Waals surface area (Å²) < 4.78 is 16.0. The zero-order valence-corrected chi connectivity index (χ0v) is 14.7. The summed E-state index contributed by atoms with van der Waals surface area (Å²) in [5.41, 5.74) is 2.58. The summed E-state index contributed by atoms with van der Waals surface area (Å²) in [7, 11) is 3.14. The first kappa shape index (κ1) is 17.1. The molecule has 2 aromatic rings. The lowest BCUT2D eigenvalue weighted by atomic mass is 10.0. The van der Waals surface area contributed by atoms with Gasteiger partial charge in [-0.1, -0.05) is 6.07 Å². The minimum Gasteiger partial charge on any atom is -0.497 e. The summed E-state index contributed by atoms with van der Waals surface area (Å²) in [6, 6.07) is 9.07. The maximum Gasteiger partial charge on any atom is 0.257 e. The maximum atomic E-state index is 12.9. The molecular weight excluding hydrogens is 320 g/mol. The van der Waals surface area contributed by atoms with Crippen molar-refractivity contribution in [3.05, 3.63) is 47.2 Å². The summed E-state index contributed by atoms with van der Waals surface area (Å²) in [6.45, 7) is 3.67. The number of methoxy groups -OCH3 is 2. The molecule has 1 aliphatic rings. The second kappa shape index (κ2) is 7.42. The van der Waals surface area contributed by atoms with E-state index in [9.17, 15) is 4.79 Å². The van der Waals surface area contributed by atoms with Gasteiger partial charge in [-0.3, -0.25) is 4.79 Å². The van der Waals surface area contributed by atoms with E-state index < -0.39 is 0 Å². The van der Waals surface area contributed by atoms with E-state index in [1.807, 2.05) is 24.0 Å². The molecule has 0 saturated heterocycles. The average molecular weight is 342 g/mol. The van der Waals surface area contributed by atoms with Gasteiger partial charge in [0.1, 0.15) is 11.5 Å². The Morgan fingerprint density at radius 2 is 2.04 bits per heavy atom. The highest BCUT2D eigenvalue weighted by Crippen LogP contribution is 2.28. The van der Waals surface area contributed by atoms with Crippen molar-refractivity contribution in [2.75, 3.05) is 27.4 Å². The van der Waals surface area contributed by atoms with Gasteiger partial charge in [0.25, 0.3) is 5.91 Å². The molecule has 0 bridgehead atoms. The van der Waals surface area contributed by atoms with Crippen molar-refractivity contribution < 1.29 is 19.0 Å². The average Bonchev–Trinajstić information content (AvgIpc) is 2.66. The van der Waals surface area contributed by atoms with E-state index in [0.717, 1.165) is 11.3 Å². The predicted octanol–water partition coefficient (Wildman–Crippen LogP) is 2.70. The van der Waals surface area contributed by atoms with Gasteiger partial charge in [0.2, 0.25) is 5.88 Å². The molecule has 1 aromatic carbocycles. The molecule has 0 N–H and O–H groups in total. The molecule has 1 aliphatic heterocycles. The van der Waals surface area contributed by atoms with Crippen LogP contribution in [0.2, 0.25) is 0 Å². The second-order valence-electron chi connectivity index (χ2n) is 5.73.